The second-order valence-electron chi connectivity index (χ2n) is 5.27. The monoisotopic (exact) mass is 448 g/mol. The van der Waals surface area contributed by atoms with E-state index in [1.165, 1.54) is 0 Å². The molecule has 0 spiro atoms. The number of nitrogens with zero attached hydrogens (tertiary/aromatic N) is 1. The van der Waals surface area contributed by atoms with Crippen molar-refractivity contribution in [2.45, 2.75) is 6.42 Å². The van der Waals surface area contributed by atoms with E-state index in [9.17, 15) is 4.79 Å². The first-order valence-corrected chi connectivity index (χ1v) is 8.74. The second kappa shape index (κ2) is 7.19. The maximum absolute atomic E-state index is 12.2. The number of hydrogen-bond donors (Lipinski definition) is 3. The van der Waals surface area contributed by atoms with Gasteiger partial charge in [-0.1, -0.05) is 44.0 Å². The molecule has 0 aliphatic carbocycles. The van der Waals surface area contributed by atoms with Crippen molar-refractivity contribution in [2.75, 3.05) is 10.6 Å². The molecular weight excluding hydrogens is 436 g/mol. The highest BCUT2D eigenvalue weighted by atomic mass is 79.9. The number of rotatable bonds is 3. The lowest BCUT2D eigenvalue weighted by molar-refractivity contribution is 0.262. The highest BCUT2D eigenvalue weighted by Crippen LogP contribution is 2.26. The number of nitrogens with two attached hydrogens (primary N) is 1. The maximum Gasteiger partial charge on any atom is 0.323 e. The minimum atomic E-state index is -0.312. The van der Waals surface area contributed by atoms with Crippen LogP contribution in [0, 0.1) is 0 Å². The van der Waals surface area contributed by atoms with Crippen LogP contribution in [-0.4, -0.2) is 11.9 Å². The number of aliphatic imine (C=N–C) groups is 1. The molecule has 0 atom stereocenters. The van der Waals surface area contributed by atoms with Gasteiger partial charge in [0.1, 0.15) is 5.84 Å². The van der Waals surface area contributed by atoms with Crippen molar-refractivity contribution in [2.24, 2.45) is 10.7 Å². The predicted octanol–water partition coefficient (Wildman–Crippen LogP) is 4.96. The van der Waals surface area contributed by atoms with Crippen molar-refractivity contribution in [3.8, 4) is 0 Å². The zero-order valence-corrected chi connectivity index (χ0v) is 15.7. The molecule has 0 fully saturated rings. The van der Waals surface area contributed by atoms with E-state index in [1.54, 1.807) is 6.20 Å². The van der Waals surface area contributed by atoms with Gasteiger partial charge < -0.3 is 16.4 Å². The number of carbonyl (C=O) groups excluding carboxylic acids is 1. The lowest BCUT2D eigenvalue weighted by Gasteiger charge is -2.10. The van der Waals surface area contributed by atoms with E-state index in [2.05, 4.69) is 47.5 Å². The van der Waals surface area contributed by atoms with Gasteiger partial charge in [-0.05, 0) is 41.5 Å². The Kier molecular flexibility index (Phi) is 5.01. The Bertz CT molecular complexity index is 841. The van der Waals surface area contributed by atoms with Crippen molar-refractivity contribution in [3.63, 3.8) is 0 Å². The molecule has 2 aromatic rings. The number of amidine groups is 1. The molecule has 1 heterocycles. The number of carbonyl (C=O) groups is 1. The molecule has 1 aliphatic rings. The maximum atomic E-state index is 12.2. The Hall–Kier alpha value is -2.12. The number of urea groups is 1. The molecule has 7 heteroatoms. The van der Waals surface area contributed by atoms with Gasteiger partial charge in [0.15, 0.2) is 0 Å². The molecule has 4 N–H and O–H groups in total. The number of hydrogen-bond acceptors (Lipinski definition) is 3. The first-order valence-electron chi connectivity index (χ1n) is 7.15. The first-order chi connectivity index (χ1) is 11.5. The average molecular weight is 450 g/mol. The molecule has 2 aromatic carbocycles. The molecule has 24 heavy (non-hydrogen) atoms. The summed E-state index contributed by atoms with van der Waals surface area (Å²) in [6, 6.07) is 12.8. The highest BCUT2D eigenvalue weighted by Gasteiger charge is 2.11. The molecule has 0 saturated carbocycles. The van der Waals surface area contributed by atoms with E-state index in [0.717, 1.165) is 20.1 Å². The number of nitrogens with one attached hydrogen (secondary N) is 2. The van der Waals surface area contributed by atoms with Gasteiger partial charge in [0.05, 0.1) is 0 Å². The van der Waals surface area contributed by atoms with Crippen molar-refractivity contribution in [1.82, 2.24) is 0 Å². The number of anilines is 2. The van der Waals surface area contributed by atoms with Crippen LogP contribution in [0.4, 0.5) is 16.2 Å². The molecule has 122 valence electrons. The molecule has 0 radical (unpaired) electrons. The standard InChI is InChI=1S/C17H14Br2N4O/c18-12-6-13(19)8-15(7-12)23-17(24)22-14-3-1-2-10(4-14)11-5-16(20)21-9-11/h1-4,6-9H,5H2,(H2,20,21)(H2,22,23,24). The molecule has 0 bridgehead atoms. The molecule has 2 amide bonds. The molecule has 0 unspecified atom stereocenters. The van der Waals surface area contributed by atoms with E-state index in [-0.39, 0.29) is 6.03 Å². The Morgan fingerprint density at radius 1 is 1.04 bits per heavy atom. The fourth-order valence-corrected chi connectivity index (χ4v) is 3.63. The van der Waals surface area contributed by atoms with E-state index in [0.29, 0.717) is 23.6 Å². The van der Waals surface area contributed by atoms with Crippen LogP contribution in [0.1, 0.15) is 12.0 Å². The minimum absolute atomic E-state index is 0.312. The molecule has 5 nitrogen and oxygen atoms in total. The smallest absolute Gasteiger partial charge is 0.323 e. The number of amides is 2. The third kappa shape index (κ3) is 4.24. The van der Waals surface area contributed by atoms with Crippen LogP contribution in [0.25, 0.3) is 5.57 Å². The fourth-order valence-electron chi connectivity index (χ4n) is 2.34. The summed E-state index contributed by atoms with van der Waals surface area (Å²) in [4.78, 5) is 16.3. The second-order valence-corrected chi connectivity index (χ2v) is 7.10. The van der Waals surface area contributed by atoms with E-state index in [4.69, 9.17) is 5.73 Å². The lowest BCUT2D eigenvalue weighted by atomic mass is 10.0. The van der Waals surface area contributed by atoms with E-state index < -0.39 is 0 Å². The summed E-state index contributed by atoms with van der Waals surface area (Å²) in [6.45, 7) is 0. The van der Waals surface area contributed by atoms with Gasteiger partial charge >= 0.3 is 6.03 Å². The van der Waals surface area contributed by atoms with Crippen LogP contribution < -0.4 is 16.4 Å². The van der Waals surface area contributed by atoms with Crippen LogP contribution in [0.5, 0.6) is 0 Å². The first kappa shape index (κ1) is 16.7. The minimum Gasteiger partial charge on any atom is -0.387 e. The summed E-state index contributed by atoms with van der Waals surface area (Å²) in [7, 11) is 0. The van der Waals surface area contributed by atoms with Gasteiger partial charge in [-0.3, -0.25) is 0 Å². The van der Waals surface area contributed by atoms with Gasteiger partial charge in [-0.25, -0.2) is 9.79 Å². The van der Waals surface area contributed by atoms with Crippen molar-refractivity contribution < 1.29 is 4.79 Å². The molecule has 3 rings (SSSR count). The normalized spacial score (nSPS) is 13.2. The quantitative estimate of drug-likeness (QED) is 0.619. The summed E-state index contributed by atoms with van der Waals surface area (Å²) < 4.78 is 1.75. The molecule has 0 aromatic heterocycles. The van der Waals surface area contributed by atoms with Crippen molar-refractivity contribution in [1.29, 1.82) is 0 Å². The summed E-state index contributed by atoms with van der Waals surface area (Å²) in [5.74, 6) is 0.598. The average Bonchev–Trinajstić information content (AvgIpc) is 2.93. The third-order valence-corrected chi connectivity index (χ3v) is 4.29. The highest BCUT2D eigenvalue weighted by molar-refractivity contribution is 9.11. The zero-order chi connectivity index (χ0) is 17.1. The summed E-state index contributed by atoms with van der Waals surface area (Å²) >= 11 is 6.79. The van der Waals surface area contributed by atoms with Crippen molar-refractivity contribution in [3.05, 3.63) is 63.2 Å². The van der Waals surface area contributed by atoms with Crippen LogP contribution in [0.15, 0.2) is 62.6 Å². The van der Waals surface area contributed by atoms with Crippen LogP contribution in [0.3, 0.4) is 0 Å². The molecule has 1 aliphatic heterocycles. The Balaban J connectivity index is 1.68. The third-order valence-electron chi connectivity index (χ3n) is 3.37. The van der Waals surface area contributed by atoms with Gasteiger partial charge in [0, 0.05) is 32.9 Å². The summed E-state index contributed by atoms with van der Waals surface area (Å²) in [5.41, 5.74) is 9.11. The Morgan fingerprint density at radius 3 is 2.42 bits per heavy atom. The number of halogens is 2. The van der Waals surface area contributed by atoms with Crippen LogP contribution in [-0.2, 0) is 0 Å². The predicted molar refractivity (Wildman–Crippen MR) is 105 cm³/mol. The van der Waals surface area contributed by atoms with Crippen LogP contribution in [0.2, 0.25) is 0 Å². The summed E-state index contributed by atoms with van der Waals surface area (Å²) in [5, 5.41) is 5.63. The lowest BCUT2D eigenvalue weighted by Crippen LogP contribution is -2.19. The van der Waals surface area contributed by atoms with Gasteiger partial charge in [-0.15, -0.1) is 0 Å². The van der Waals surface area contributed by atoms with E-state index in [1.807, 2.05) is 42.5 Å². The Morgan fingerprint density at radius 2 is 1.75 bits per heavy atom. The SMILES string of the molecule is NC1=NC=C(c2cccc(NC(=O)Nc3cc(Br)cc(Br)c3)c2)C1. The molecular formula is C17H14Br2N4O. The Labute approximate surface area is 156 Å². The van der Waals surface area contributed by atoms with Gasteiger partial charge in [0.25, 0.3) is 0 Å². The van der Waals surface area contributed by atoms with Gasteiger partial charge in [0.2, 0.25) is 0 Å². The van der Waals surface area contributed by atoms with Crippen molar-refractivity contribution >= 4 is 60.7 Å². The van der Waals surface area contributed by atoms with Gasteiger partial charge in [-0.2, -0.15) is 0 Å². The fraction of sp³-hybridized carbons (Fsp3) is 0.0588. The largest absolute Gasteiger partial charge is 0.387 e. The number of benzene rings is 2. The molecule has 0 saturated heterocycles. The zero-order valence-electron chi connectivity index (χ0n) is 12.5. The van der Waals surface area contributed by atoms with Crippen LogP contribution >= 0.6 is 31.9 Å². The van der Waals surface area contributed by atoms with E-state index >= 15 is 0 Å². The summed E-state index contributed by atoms with van der Waals surface area (Å²) in [6.07, 6.45) is 2.38. The topological polar surface area (TPSA) is 79.5 Å².